The Hall–Kier alpha value is -1.69. The topological polar surface area (TPSA) is 39.1 Å². The Morgan fingerprint density at radius 3 is 2.72 bits per heavy atom. The summed E-state index contributed by atoms with van der Waals surface area (Å²) in [4.78, 5) is 0. The molecule has 1 heterocycles. The summed E-state index contributed by atoms with van der Waals surface area (Å²) in [6.45, 7) is 1.84. The number of aryl methyl sites for hydroxylation is 1. The number of aromatic nitrogens is 2. The number of hydrogen-bond acceptors (Lipinski definition) is 4. The number of rotatable bonds is 4. The molecule has 96 valence electrons. The molecular formula is C12H14FN3OS. The highest BCUT2D eigenvalue weighted by Gasteiger charge is 2.13. The normalized spacial score (nSPS) is 10.4. The summed E-state index contributed by atoms with van der Waals surface area (Å²) in [5.74, 6) is 0.730. The average Bonchev–Trinajstić information content (AvgIpc) is 2.79. The number of hydrogen-bond donors (Lipinski definition) is 1. The van der Waals surface area contributed by atoms with Crippen molar-refractivity contribution >= 4 is 18.0 Å². The third-order valence-corrected chi connectivity index (χ3v) is 3.06. The summed E-state index contributed by atoms with van der Waals surface area (Å²) < 4.78 is 19.1. The molecule has 0 aliphatic rings. The van der Waals surface area contributed by atoms with Crippen LogP contribution in [0.5, 0.6) is 5.75 Å². The van der Waals surface area contributed by atoms with E-state index in [4.69, 9.17) is 4.74 Å². The summed E-state index contributed by atoms with van der Waals surface area (Å²) in [6.07, 6.45) is 1.65. The number of nitrogens with zero attached hydrogens (tertiary/aromatic N) is 2. The number of benzene rings is 1. The fraction of sp³-hybridized carbons (Fsp3) is 0.250. The smallest absolute Gasteiger partial charge is 0.187 e. The lowest BCUT2D eigenvalue weighted by Crippen LogP contribution is -1.92. The first kappa shape index (κ1) is 12.8. The van der Waals surface area contributed by atoms with E-state index in [0.717, 1.165) is 28.3 Å². The zero-order valence-corrected chi connectivity index (χ0v) is 11.2. The number of anilines is 1. The predicted molar refractivity (Wildman–Crippen MR) is 72.6 cm³/mol. The van der Waals surface area contributed by atoms with Gasteiger partial charge in [-0.3, -0.25) is 0 Å². The van der Waals surface area contributed by atoms with Crippen LogP contribution in [0.25, 0.3) is 11.1 Å². The molecule has 1 N–H and O–H groups in total. The van der Waals surface area contributed by atoms with Crippen molar-refractivity contribution in [2.75, 3.05) is 19.5 Å². The van der Waals surface area contributed by atoms with Crippen LogP contribution in [0.1, 0.15) is 5.69 Å². The van der Waals surface area contributed by atoms with Crippen LogP contribution >= 0.6 is 12.3 Å². The monoisotopic (exact) mass is 267 g/mol. The first-order valence-electron chi connectivity index (χ1n) is 5.41. The molecule has 0 fully saturated rings. The van der Waals surface area contributed by atoms with Gasteiger partial charge in [0.15, 0.2) is 12.3 Å². The Balaban J connectivity index is 2.52. The lowest BCUT2D eigenvalue weighted by Gasteiger charge is -2.09. The van der Waals surface area contributed by atoms with Crippen molar-refractivity contribution in [1.82, 2.24) is 9.19 Å². The van der Waals surface area contributed by atoms with Gasteiger partial charge in [0, 0.05) is 36.1 Å². The quantitative estimate of drug-likeness (QED) is 0.922. The van der Waals surface area contributed by atoms with E-state index in [1.165, 1.54) is 4.09 Å². The van der Waals surface area contributed by atoms with Crippen LogP contribution in [0.3, 0.4) is 0 Å². The van der Waals surface area contributed by atoms with Gasteiger partial charge in [-0.25, -0.2) is 0 Å². The molecular weight excluding hydrogens is 253 g/mol. The van der Waals surface area contributed by atoms with E-state index in [2.05, 4.69) is 10.4 Å². The maximum absolute atomic E-state index is 12.5. The van der Waals surface area contributed by atoms with Crippen molar-refractivity contribution < 1.29 is 8.62 Å². The highest BCUT2D eigenvalue weighted by Crippen LogP contribution is 2.34. The zero-order chi connectivity index (χ0) is 13.1. The molecule has 0 aliphatic heterocycles. The fourth-order valence-electron chi connectivity index (χ4n) is 1.80. The molecule has 18 heavy (non-hydrogen) atoms. The number of methoxy groups -OCH3 is 1. The van der Waals surface area contributed by atoms with Crippen LogP contribution in [0.4, 0.5) is 9.57 Å². The van der Waals surface area contributed by atoms with Gasteiger partial charge in [-0.15, -0.1) is 3.89 Å². The molecule has 0 atom stereocenters. The molecule has 0 amide bonds. The minimum absolute atomic E-state index is 0.0720. The lowest BCUT2D eigenvalue weighted by atomic mass is 10.1. The van der Waals surface area contributed by atoms with Gasteiger partial charge in [0.1, 0.15) is 5.75 Å². The second-order valence-corrected chi connectivity index (χ2v) is 4.28. The molecule has 1 aromatic heterocycles. The summed E-state index contributed by atoms with van der Waals surface area (Å²) in [6, 6.07) is 5.77. The van der Waals surface area contributed by atoms with Crippen LogP contribution in [-0.4, -0.2) is 23.3 Å². The molecule has 0 bridgehead atoms. The van der Waals surface area contributed by atoms with Crippen molar-refractivity contribution in [1.29, 1.82) is 0 Å². The van der Waals surface area contributed by atoms with Gasteiger partial charge in [0.2, 0.25) is 0 Å². The van der Waals surface area contributed by atoms with Crippen LogP contribution in [0, 0.1) is 6.92 Å². The van der Waals surface area contributed by atoms with E-state index < -0.39 is 0 Å². The Morgan fingerprint density at radius 1 is 1.39 bits per heavy atom. The molecule has 0 saturated heterocycles. The predicted octanol–water partition coefficient (Wildman–Crippen LogP) is 3.29. The van der Waals surface area contributed by atoms with Crippen molar-refractivity contribution in [3.63, 3.8) is 0 Å². The van der Waals surface area contributed by atoms with Gasteiger partial charge in [-0.2, -0.15) is 9.19 Å². The van der Waals surface area contributed by atoms with E-state index in [1.807, 2.05) is 32.2 Å². The van der Waals surface area contributed by atoms with Gasteiger partial charge >= 0.3 is 0 Å². The Bertz CT molecular complexity index is 556. The molecule has 2 rings (SSSR count). The van der Waals surface area contributed by atoms with Crippen LogP contribution in [0.2, 0.25) is 0 Å². The van der Waals surface area contributed by atoms with Crippen LogP contribution < -0.4 is 10.1 Å². The van der Waals surface area contributed by atoms with E-state index in [-0.39, 0.29) is 12.3 Å². The van der Waals surface area contributed by atoms with Crippen molar-refractivity contribution in [3.8, 4) is 16.9 Å². The molecule has 0 saturated carbocycles. The largest absolute Gasteiger partial charge is 0.496 e. The highest BCUT2D eigenvalue weighted by molar-refractivity contribution is 7.92. The third-order valence-electron chi connectivity index (χ3n) is 2.73. The minimum atomic E-state index is 0.0720. The van der Waals surface area contributed by atoms with Crippen molar-refractivity contribution in [3.05, 3.63) is 30.1 Å². The summed E-state index contributed by atoms with van der Waals surface area (Å²) in [7, 11) is 3.46. The van der Waals surface area contributed by atoms with Crippen LogP contribution in [0.15, 0.2) is 24.4 Å². The Kier molecular flexibility index (Phi) is 3.76. The Morgan fingerprint density at radius 2 is 2.17 bits per heavy atom. The average molecular weight is 267 g/mol. The summed E-state index contributed by atoms with van der Waals surface area (Å²) in [5.41, 5.74) is 3.48. The second kappa shape index (κ2) is 5.30. The van der Waals surface area contributed by atoms with Gasteiger partial charge in [0.25, 0.3) is 0 Å². The van der Waals surface area contributed by atoms with Gasteiger partial charge < -0.3 is 10.1 Å². The molecule has 0 aliphatic carbocycles. The second-order valence-electron chi connectivity index (χ2n) is 3.76. The van der Waals surface area contributed by atoms with Crippen molar-refractivity contribution in [2.24, 2.45) is 0 Å². The van der Waals surface area contributed by atoms with Crippen molar-refractivity contribution in [2.45, 2.75) is 6.92 Å². The standard InChI is InChI=1S/C12H14FN3OS/c1-8-11(7-16(15-8)18-13)10-5-4-9(14-2)6-12(10)17-3/h4-7,14H,1-3H3. The third kappa shape index (κ3) is 2.28. The minimum Gasteiger partial charge on any atom is -0.496 e. The first-order valence-corrected chi connectivity index (χ1v) is 6.08. The molecule has 1 aromatic carbocycles. The molecule has 0 radical (unpaired) electrons. The Labute approximate surface area is 110 Å². The molecule has 0 unspecified atom stereocenters. The highest BCUT2D eigenvalue weighted by atomic mass is 32.2. The SMILES string of the molecule is CNc1ccc(-c2cn(SF)nc2C)c(OC)c1. The maximum atomic E-state index is 12.5. The maximum Gasteiger partial charge on any atom is 0.187 e. The van der Waals surface area contributed by atoms with E-state index in [9.17, 15) is 3.89 Å². The lowest BCUT2D eigenvalue weighted by molar-refractivity contribution is 0.416. The van der Waals surface area contributed by atoms with E-state index >= 15 is 0 Å². The molecule has 6 heteroatoms. The van der Waals surface area contributed by atoms with E-state index in [1.54, 1.807) is 13.3 Å². The van der Waals surface area contributed by atoms with E-state index in [0.29, 0.717) is 0 Å². The molecule has 4 nitrogen and oxygen atoms in total. The summed E-state index contributed by atoms with van der Waals surface area (Å²) in [5, 5.41) is 7.10. The number of ether oxygens (including phenoxy) is 1. The number of nitrogens with one attached hydrogen (secondary N) is 1. The first-order chi connectivity index (χ1) is 8.69. The van der Waals surface area contributed by atoms with Gasteiger partial charge in [-0.05, 0) is 19.1 Å². The molecule has 2 aromatic rings. The zero-order valence-electron chi connectivity index (χ0n) is 10.4. The van der Waals surface area contributed by atoms with Crippen LogP contribution in [-0.2, 0) is 0 Å². The van der Waals surface area contributed by atoms with Gasteiger partial charge in [-0.1, -0.05) is 0 Å². The summed E-state index contributed by atoms with van der Waals surface area (Å²) >= 11 is 0.0720. The number of halogens is 1. The van der Waals surface area contributed by atoms with Gasteiger partial charge in [0.05, 0.1) is 12.8 Å². The molecule has 0 spiro atoms. The fourth-order valence-corrected chi connectivity index (χ4v) is 2.10.